The van der Waals surface area contributed by atoms with Crippen molar-refractivity contribution in [3.63, 3.8) is 0 Å². The van der Waals surface area contributed by atoms with Crippen LogP contribution in [0.3, 0.4) is 0 Å². The molecule has 2 aliphatic heterocycles. The van der Waals surface area contributed by atoms with Gasteiger partial charge in [0.1, 0.15) is 0 Å². The Hall–Kier alpha value is -0.120. The first-order valence-corrected chi connectivity index (χ1v) is 7.37. The molecule has 2 N–H and O–H groups in total. The molecule has 3 heteroatoms. The van der Waals surface area contributed by atoms with Gasteiger partial charge in [-0.15, -0.1) is 0 Å². The predicted molar refractivity (Wildman–Crippen MR) is 71.1 cm³/mol. The summed E-state index contributed by atoms with van der Waals surface area (Å²) in [4.78, 5) is 2.50. The van der Waals surface area contributed by atoms with Gasteiger partial charge in [-0.25, -0.2) is 0 Å². The highest BCUT2D eigenvalue weighted by molar-refractivity contribution is 4.88. The fraction of sp³-hybridized carbons (Fsp3) is 1.00. The van der Waals surface area contributed by atoms with Crippen LogP contribution < -0.4 is 5.32 Å². The van der Waals surface area contributed by atoms with Gasteiger partial charge in [-0.2, -0.15) is 0 Å². The van der Waals surface area contributed by atoms with E-state index in [1.165, 1.54) is 38.8 Å². The van der Waals surface area contributed by atoms with Gasteiger partial charge in [-0.1, -0.05) is 13.3 Å². The van der Waals surface area contributed by atoms with E-state index in [0.29, 0.717) is 0 Å². The summed E-state index contributed by atoms with van der Waals surface area (Å²) in [5.74, 6) is 0.919. The van der Waals surface area contributed by atoms with Gasteiger partial charge in [0.25, 0.3) is 0 Å². The van der Waals surface area contributed by atoms with Crippen LogP contribution in [0.4, 0.5) is 0 Å². The van der Waals surface area contributed by atoms with Crippen LogP contribution in [0.25, 0.3) is 0 Å². The molecule has 1 unspecified atom stereocenters. The Labute approximate surface area is 106 Å². The first-order chi connectivity index (χ1) is 8.22. The molecule has 2 heterocycles. The normalized spacial score (nSPS) is 31.1. The van der Waals surface area contributed by atoms with Crippen LogP contribution in [0, 0.1) is 5.92 Å². The van der Waals surface area contributed by atoms with Crippen LogP contribution in [0.5, 0.6) is 0 Å². The van der Waals surface area contributed by atoms with Crippen molar-refractivity contribution in [1.82, 2.24) is 10.2 Å². The summed E-state index contributed by atoms with van der Waals surface area (Å²) in [7, 11) is 0. The Morgan fingerprint density at radius 1 is 1.24 bits per heavy atom. The van der Waals surface area contributed by atoms with Gasteiger partial charge >= 0.3 is 0 Å². The van der Waals surface area contributed by atoms with Crippen LogP contribution in [-0.4, -0.2) is 48.3 Å². The van der Waals surface area contributed by atoms with E-state index in [1.807, 2.05) is 0 Å². The number of β-amino-alcohol motifs (C(OH)–C–C–N with tert-alkyl or cyclic N) is 1. The molecule has 0 saturated carbocycles. The Kier molecular flexibility index (Phi) is 4.83. The third-order valence-corrected chi connectivity index (χ3v) is 4.57. The molecule has 2 rings (SSSR count). The molecule has 0 bridgehead atoms. The molecule has 0 spiro atoms. The molecule has 0 amide bonds. The van der Waals surface area contributed by atoms with E-state index in [-0.39, 0.29) is 0 Å². The molecule has 100 valence electrons. The number of piperidine rings is 1. The lowest BCUT2D eigenvalue weighted by Gasteiger charge is -2.37. The number of aliphatic hydroxyl groups is 1. The molecule has 1 atom stereocenters. The van der Waals surface area contributed by atoms with Gasteiger partial charge in [0.2, 0.25) is 0 Å². The molecule has 2 fully saturated rings. The third-order valence-electron chi connectivity index (χ3n) is 4.57. The van der Waals surface area contributed by atoms with Crippen molar-refractivity contribution in [2.75, 3.05) is 32.7 Å². The van der Waals surface area contributed by atoms with Crippen LogP contribution in [0.15, 0.2) is 0 Å². The summed E-state index contributed by atoms with van der Waals surface area (Å²) in [5.41, 5.74) is -0.419. The third kappa shape index (κ3) is 3.94. The Balaban J connectivity index is 1.81. The first kappa shape index (κ1) is 13.3. The molecule has 17 heavy (non-hydrogen) atoms. The zero-order valence-electron chi connectivity index (χ0n) is 11.2. The first-order valence-electron chi connectivity index (χ1n) is 7.37. The summed E-state index contributed by atoms with van der Waals surface area (Å²) >= 11 is 0. The SMILES string of the molecule is CCC1CCCN(CC2(O)CCNCC2)CC1. The van der Waals surface area contributed by atoms with Crippen LogP contribution in [0.1, 0.15) is 45.4 Å². The number of hydrogen-bond donors (Lipinski definition) is 2. The lowest BCUT2D eigenvalue weighted by molar-refractivity contribution is -0.0203. The summed E-state index contributed by atoms with van der Waals surface area (Å²) in [5, 5.41) is 13.9. The number of rotatable bonds is 3. The largest absolute Gasteiger partial charge is 0.388 e. The molecule has 0 aromatic rings. The summed E-state index contributed by atoms with van der Waals surface area (Å²) < 4.78 is 0. The quantitative estimate of drug-likeness (QED) is 0.787. The molecule has 3 nitrogen and oxygen atoms in total. The maximum atomic E-state index is 10.6. The number of nitrogens with zero attached hydrogens (tertiary/aromatic N) is 1. The molecule has 0 aromatic heterocycles. The minimum atomic E-state index is -0.419. The van der Waals surface area contributed by atoms with Gasteiger partial charge in [0.05, 0.1) is 5.60 Å². The van der Waals surface area contributed by atoms with Gasteiger partial charge in [0, 0.05) is 6.54 Å². The van der Waals surface area contributed by atoms with Crippen molar-refractivity contribution in [1.29, 1.82) is 0 Å². The molecule has 2 saturated heterocycles. The Bertz CT molecular complexity index is 226. The van der Waals surface area contributed by atoms with Crippen molar-refractivity contribution >= 4 is 0 Å². The van der Waals surface area contributed by atoms with E-state index in [1.54, 1.807) is 0 Å². The maximum absolute atomic E-state index is 10.6. The van der Waals surface area contributed by atoms with Gasteiger partial charge < -0.3 is 15.3 Å². The van der Waals surface area contributed by atoms with E-state index in [0.717, 1.165) is 38.4 Å². The van der Waals surface area contributed by atoms with Crippen LogP contribution in [-0.2, 0) is 0 Å². The van der Waals surface area contributed by atoms with Crippen molar-refractivity contribution in [2.45, 2.75) is 51.0 Å². The average molecular weight is 240 g/mol. The van der Waals surface area contributed by atoms with Crippen LogP contribution in [0.2, 0.25) is 0 Å². The highest BCUT2D eigenvalue weighted by atomic mass is 16.3. The van der Waals surface area contributed by atoms with E-state index in [2.05, 4.69) is 17.1 Å². The zero-order valence-corrected chi connectivity index (χ0v) is 11.2. The van der Waals surface area contributed by atoms with Crippen LogP contribution >= 0.6 is 0 Å². The fourth-order valence-electron chi connectivity index (χ4n) is 3.26. The van der Waals surface area contributed by atoms with E-state index >= 15 is 0 Å². The minimum absolute atomic E-state index is 0.419. The standard InChI is InChI=1S/C14H28N2O/c1-2-13-4-3-10-16(11-5-13)12-14(17)6-8-15-9-7-14/h13,15,17H,2-12H2,1H3. The maximum Gasteiger partial charge on any atom is 0.0798 e. The van der Waals surface area contributed by atoms with Gasteiger partial charge in [0.15, 0.2) is 0 Å². The fourth-order valence-corrected chi connectivity index (χ4v) is 3.26. The second-order valence-electron chi connectivity index (χ2n) is 5.96. The monoisotopic (exact) mass is 240 g/mol. The van der Waals surface area contributed by atoms with E-state index in [4.69, 9.17) is 0 Å². The number of nitrogens with one attached hydrogen (secondary N) is 1. The molecule has 0 aromatic carbocycles. The van der Waals surface area contributed by atoms with Gasteiger partial charge in [-0.3, -0.25) is 0 Å². The van der Waals surface area contributed by atoms with Crippen molar-refractivity contribution in [3.8, 4) is 0 Å². The molecule has 2 aliphatic rings. The zero-order chi connectivity index (χ0) is 12.1. The summed E-state index contributed by atoms with van der Waals surface area (Å²) in [6.07, 6.45) is 7.17. The lowest BCUT2D eigenvalue weighted by atomic mass is 9.92. The van der Waals surface area contributed by atoms with Crippen molar-refractivity contribution in [2.24, 2.45) is 5.92 Å². The second-order valence-corrected chi connectivity index (χ2v) is 5.96. The highest BCUT2D eigenvalue weighted by Crippen LogP contribution is 2.24. The number of likely N-dealkylation sites (tertiary alicyclic amines) is 1. The topological polar surface area (TPSA) is 35.5 Å². The van der Waals surface area contributed by atoms with E-state index in [9.17, 15) is 5.11 Å². The smallest absolute Gasteiger partial charge is 0.0798 e. The predicted octanol–water partition coefficient (Wildman–Crippen LogP) is 1.61. The van der Waals surface area contributed by atoms with E-state index < -0.39 is 5.60 Å². The Morgan fingerprint density at radius 3 is 2.71 bits per heavy atom. The highest BCUT2D eigenvalue weighted by Gasteiger charge is 2.31. The second kappa shape index (κ2) is 6.17. The lowest BCUT2D eigenvalue weighted by Crippen LogP contribution is -2.50. The Morgan fingerprint density at radius 2 is 2.00 bits per heavy atom. The molecule has 0 radical (unpaired) electrons. The van der Waals surface area contributed by atoms with Crippen molar-refractivity contribution < 1.29 is 5.11 Å². The molecule has 0 aliphatic carbocycles. The molecular formula is C14H28N2O. The minimum Gasteiger partial charge on any atom is -0.388 e. The summed E-state index contributed by atoms with van der Waals surface area (Å²) in [6, 6.07) is 0. The van der Waals surface area contributed by atoms with Crippen molar-refractivity contribution in [3.05, 3.63) is 0 Å². The average Bonchev–Trinajstić information content (AvgIpc) is 2.55. The van der Waals surface area contributed by atoms with Gasteiger partial charge in [-0.05, 0) is 64.2 Å². The number of hydrogen-bond acceptors (Lipinski definition) is 3. The molecular weight excluding hydrogens is 212 g/mol. The summed E-state index contributed by atoms with van der Waals surface area (Å²) in [6.45, 7) is 7.52.